The van der Waals surface area contributed by atoms with Crippen molar-refractivity contribution in [3.05, 3.63) is 0 Å². The maximum absolute atomic E-state index is 12.2. The normalized spacial score (nSPS) is 22.7. The van der Waals surface area contributed by atoms with Gasteiger partial charge in [-0.2, -0.15) is 0 Å². The molecular weight excluding hydrogens is 396 g/mol. The van der Waals surface area contributed by atoms with Gasteiger partial charge in [0.2, 0.25) is 11.8 Å². The summed E-state index contributed by atoms with van der Waals surface area (Å²) in [7, 11) is 2.60. The van der Waals surface area contributed by atoms with Gasteiger partial charge in [0.05, 0.1) is 32.2 Å². The summed E-state index contributed by atoms with van der Waals surface area (Å²) in [5.74, 6) is -1.92. The first-order chi connectivity index (χ1) is 14.3. The lowest BCUT2D eigenvalue weighted by atomic mass is 10.1. The number of ether oxygens (including phenoxy) is 2. The van der Waals surface area contributed by atoms with Gasteiger partial charge in [0.1, 0.15) is 0 Å². The molecule has 3 unspecified atom stereocenters. The monoisotopic (exact) mass is 428 g/mol. The minimum absolute atomic E-state index is 0.0939. The molecule has 2 rings (SSSR count). The van der Waals surface area contributed by atoms with E-state index in [1.54, 1.807) is 9.80 Å². The summed E-state index contributed by atoms with van der Waals surface area (Å²) in [5, 5.41) is 9.96. The predicted molar refractivity (Wildman–Crippen MR) is 105 cm³/mol. The first-order valence-corrected chi connectivity index (χ1v) is 10.1. The van der Waals surface area contributed by atoms with Crippen LogP contribution < -0.4 is 5.73 Å². The Labute approximate surface area is 176 Å². The van der Waals surface area contributed by atoms with E-state index < -0.39 is 29.9 Å². The van der Waals surface area contributed by atoms with Gasteiger partial charge in [-0.05, 0) is 0 Å². The van der Waals surface area contributed by atoms with Crippen molar-refractivity contribution >= 4 is 23.8 Å². The number of rotatable bonds is 11. The lowest BCUT2D eigenvalue weighted by molar-refractivity contribution is -0.145. The highest BCUT2D eigenvalue weighted by atomic mass is 16.5. The summed E-state index contributed by atoms with van der Waals surface area (Å²) < 4.78 is 9.43. The Balaban J connectivity index is 1.88. The number of carbonyl (C=O) groups excluding carboxylic acids is 4. The van der Waals surface area contributed by atoms with Crippen LogP contribution in [0.5, 0.6) is 0 Å². The number of hydrogen-bond donors (Lipinski definition) is 2. The predicted octanol–water partition coefficient (Wildman–Crippen LogP) is -2.35. The van der Waals surface area contributed by atoms with Crippen LogP contribution in [0.15, 0.2) is 0 Å². The Morgan fingerprint density at radius 2 is 1.47 bits per heavy atom. The number of likely N-dealkylation sites (tertiary alicyclic amines) is 2. The molecular formula is C19H32N4O7. The second-order valence-electron chi connectivity index (χ2n) is 7.72. The number of esters is 2. The molecule has 0 aliphatic carbocycles. The van der Waals surface area contributed by atoms with Crippen molar-refractivity contribution in [1.29, 1.82) is 0 Å². The molecule has 3 atom stereocenters. The molecule has 0 aromatic rings. The maximum atomic E-state index is 12.2. The second kappa shape index (κ2) is 11.2. The van der Waals surface area contributed by atoms with E-state index in [1.165, 1.54) is 14.2 Å². The van der Waals surface area contributed by atoms with Gasteiger partial charge >= 0.3 is 11.9 Å². The van der Waals surface area contributed by atoms with Crippen LogP contribution in [0, 0.1) is 11.8 Å². The molecule has 2 aliphatic heterocycles. The van der Waals surface area contributed by atoms with E-state index in [1.807, 2.05) is 4.90 Å². The molecule has 0 saturated carbocycles. The summed E-state index contributed by atoms with van der Waals surface area (Å²) in [4.78, 5) is 52.8. The average molecular weight is 428 g/mol. The van der Waals surface area contributed by atoms with E-state index in [0.29, 0.717) is 45.8 Å². The van der Waals surface area contributed by atoms with Crippen molar-refractivity contribution in [2.24, 2.45) is 17.6 Å². The lowest BCUT2D eigenvalue weighted by Gasteiger charge is -2.29. The quantitative estimate of drug-likeness (QED) is 0.346. The van der Waals surface area contributed by atoms with Crippen molar-refractivity contribution < 1.29 is 33.8 Å². The Bertz CT molecular complexity index is 596. The molecule has 0 radical (unpaired) electrons. The van der Waals surface area contributed by atoms with Crippen molar-refractivity contribution in [1.82, 2.24) is 14.7 Å². The van der Waals surface area contributed by atoms with Crippen LogP contribution in [-0.2, 0) is 28.7 Å². The van der Waals surface area contributed by atoms with Crippen LogP contribution in [0.1, 0.15) is 12.8 Å². The lowest BCUT2D eigenvalue weighted by Crippen LogP contribution is -2.45. The summed E-state index contributed by atoms with van der Waals surface area (Å²) in [6, 6.07) is 0. The van der Waals surface area contributed by atoms with Gasteiger partial charge in [-0.15, -0.1) is 0 Å². The number of hydrogen-bond acceptors (Lipinski definition) is 9. The number of amides is 2. The molecule has 11 heteroatoms. The fourth-order valence-electron chi connectivity index (χ4n) is 3.82. The largest absolute Gasteiger partial charge is 0.469 e. The van der Waals surface area contributed by atoms with Gasteiger partial charge in [-0.1, -0.05) is 0 Å². The van der Waals surface area contributed by atoms with Crippen LogP contribution in [0.3, 0.4) is 0 Å². The Morgan fingerprint density at radius 1 is 1.03 bits per heavy atom. The Morgan fingerprint density at radius 3 is 1.83 bits per heavy atom. The molecule has 2 fully saturated rings. The van der Waals surface area contributed by atoms with Crippen LogP contribution in [0.2, 0.25) is 0 Å². The molecule has 2 heterocycles. The summed E-state index contributed by atoms with van der Waals surface area (Å²) >= 11 is 0. The van der Waals surface area contributed by atoms with E-state index in [2.05, 4.69) is 0 Å². The van der Waals surface area contributed by atoms with Crippen molar-refractivity contribution in [3.8, 4) is 0 Å². The van der Waals surface area contributed by atoms with Gasteiger partial charge in [0, 0.05) is 65.2 Å². The van der Waals surface area contributed by atoms with Gasteiger partial charge in [0.25, 0.3) is 0 Å². The summed E-state index contributed by atoms with van der Waals surface area (Å²) in [5.41, 5.74) is 5.53. The van der Waals surface area contributed by atoms with Crippen LogP contribution in [-0.4, -0.2) is 116 Å². The number of nitrogens with zero attached hydrogens (tertiary/aromatic N) is 3. The topological polar surface area (TPSA) is 143 Å². The van der Waals surface area contributed by atoms with Crippen molar-refractivity contribution in [2.45, 2.75) is 18.9 Å². The zero-order valence-electron chi connectivity index (χ0n) is 17.6. The van der Waals surface area contributed by atoms with E-state index in [0.717, 1.165) is 0 Å². The third kappa shape index (κ3) is 6.38. The zero-order chi connectivity index (χ0) is 22.3. The minimum atomic E-state index is -0.737. The number of carbonyl (C=O) groups is 4. The maximum Gasteiger partial charge on any atom is 0.310 e. The summed E-state index contributed by atoms with van der Waals surface area (Å²) in [6.45, 7) is 2.70. The minimum Gasteiger partial charge on any atom is -0.469 e. The van der Waals surface area contributed by atoms with E-state index in [9.17, 15) is 24.3 Å². The fourth-order valence-corrected chi connectivity index (χ4v) is 3.82. The van der Waals surface area contributed by atoms with Gasteiger partial charge < -0.3 is 30.1 Å². The van der Waals surface area contributed by atoms with Crippen molar-refractivity contribution in [3.63, 3.8) is 0 Å². The molecule has 2 aliphatic rings. The standard InChI is InChI=1S/C19H32N4O7/c1-29-18(27)13-7-16(25)22(10-13)5-3-21(12-15(24)9-20)4-6-23-11-14(8-17(23)26)19(28)30-2/h13-15,24H,3-12,20H2,1-2H3. The Kier molecular flexibility index (Phi) is 9.00. The van der Waals surface area contributed by atoms with Crippen LogP contribution in [0.4, 0.5) is 0 Å². The number of aliphatic hydroxyl groups excluding tert-OH is 1. The smallest absolute Gasteiger partial charge is 0.310 e. The molecule has 0 aromatic carbocycles. The average Bonchev–Trinajstić information content (AvgIpc) is 3.30. The first kappa shape index (κ1) is 24.0. The fraction of sp³-hybridized carbons (Fsp3) is 0.789. The highest BCUT2D eigenvalue weighted by molar-refractivity contribution is 5.87. The highest BCUT2D eigenvalue weighted by Crippen LogP contribution is 2.20. The molecule has 0 spiro atoms. The van der Waals surface area contributed by atoms with Gasteiger partial charge in [-0.25, -0.2) is 0 Å². The number of methoxy groups -OCH3 is 2. The van der Waals surface area contributed by atoms with Crippen molar-refractivity contribution in [2.75, 3.05) is 66.6 Å². The molecule has 2 amide bonds. The molecule has 170 valence electrons. The van der Waals surface area contributed by atoms with Crippen LogP contribution in [0.25, 0.3) is 0 Å². The molecule has 3 N–H and O–H groups in total. The second-order valence-corrected chi connectivity index (χ2v) is 7.72. The SMILES string of the molecule is COC(=O)C1CC(=O)N(CCN(CCN2CC(C(=O)OC)CC2=O)CC(O)CN)C1. The first-order valence-electron chi connectivity index (χ1n) is 10.1. The molecule has 0 aromatic heterocycles. The third-order valence-corrected chi connectivity index (χ3v) is 5.61. The van der Waals surface area contributed by atoms with E-state index in [-0.39, 0.29) is 31.2 Å². The highest BCUT2D eigenvalue weighted by Gasteiger charge is 2.36. The molecule has 30 heavy (non-hydrogen) atoms. The molecule has 2 saturated heterocycles. The number of aliphatic hydroxyl groups is 1. The number of nitrogens with two attached hydrogens (primary N) is 1. The Hall–Kier alpha value is -2.24. The van der Waals surface area contributed by atoms with E-state index >= 15 is 0 Å². The summed E-state index contributed by atoms with van der Waals surface area (Å²) in [6.07, 6.45) is -0.468. The van der Waals surface area contributed by atoms with Gasteiger partial charge in [0.15, 0.2) is 0 Å². The van der Waals surface area contributed by atoms with Crippen LogP contribution >= 0.6 is 0 Å². The molecule has 11 nitrogen and oxygen atoms in total. The third-order valence-electron chi connectivity index (χ3n) is 5.61. The zero-order valence-corrected chi connectivity index (χ0v) is 17.6. The van der Waals surface area contributed by atoms with Gasteiger partial charge in [-0.3, -0.25) is 24.1 Å². The van der Waals surface area contributed by atoms with E-state index in [4.69, 9.17) is 15.2 Å². The molecule has 0 bridgehead atoms.